The largest absolute Gasteiger partial charge is 0.329 e. The molecular formula is C12H19N5. The Hall–Kier alpha value is -1.62. The van der Waals surface area contributed by atoms with Crippen LogP contribution in [0, 0.1) is 0 Å². The van der Waals surface area contributed by atoms with E-state index in [1.54, 1.807) is 6.20 Å². The summed E-state index contributed by atoms with van der Waals surface area (Å²) in [6.07, 6.45) is 7.60. The summed E-state index contributed by atoms with van der Waals surface area (Å²) >= 11 is 0. The van der Waals surface area contributed by atoms with E-state index in [2.05, 4.69) is 33.8 Å². The highest BCUT2D eigenvalue weighted by Crippen LogP contribution is 2.11. The Labute approximate surface area is 101 Å². The third kappa shape index (κ3) is 2.94. The number of rotatable bonds is 6. The third-order valence-corrected chi connectivity index (χ3v) is 2.79. The molecule has 5 nitrogen and oxygen atoms in total. The highest BCUT2D eigenvalue weighted by Gasteiger charge is 2.09. The van der Waals surface area contributed by atoms with Crippen LogP contribution in [0.15, 0.2) is 31.0 Å². The predicted molar refractivity (Wildman–Crippen MR) is 66.5 cm³/mol. The van der Waals surface area contributed by atoms with Crippen molar-refractivity contribution in [1.82, 2.24) is 24.6 Å². The summed E-state index contributed by atoms with van der Waals surface area (Å²) in [6, 6.07) is 2.30. The number of nitrogens with one attached hydrogen (secondary N) is 1. The second kappa shape index (κ2) is 5.63. The summed E-state index contributed by atoms with van der Waals surface area (Å²) in [5.41, 5.74) is 1.21. The molecule has 0 saturated heterocycles. The van der Waals surface area contributed by atoms with Crippen LogP contribution >= 0.6 is 0 Å². The van der Waals surface area contributed by atoms with E-state index in [0.29, 0.717) is 6.04 Å². The van der Waals surface area contributed by atoms with Gasteiger partial charge < -0.3 is 9.88 Å². The van der Waals surface area contributed by atoms with Crippen molar-refractivity contribution in [2.75, 3.05) is 6.54 Å². The molecule has 5 heteroatoms. The van der Waals surface area contributed by atoms with Gasteiger partial charge in [0.05, 0.1) is 24.6 Å². The van der Waals surface area contributed by atoms with E-state index < -0.39 is 0 Å². The van der Waals surface area contributed by atoms with Crippen molar-refractivity contribution < 1.29 is 0 Å². The Morgan fingerprint density at radius 3 is 3.06 bits per heavy atom. The van der Waals surface area contributed by atoms with Gasteiger partial charge >= 0.3 is 0 Å². The maximum Gasteiger partial charge on any atom is 0.0951 e. The molecule has 0 amide bonds. The molecule has 0 aromatic carbocycles. The molecule has 2 heterocycles. The van der Waals surface area contributed by atoms with Crippen molar-refractivity contribution in [3.8, 4) is 0 Å². The lowest BCUT2D eigenvalue weighted by molar-refractivity contribution is 0.424. The Morgan fingerprint density at radius 2 is 2.35 bits per heavy atom. The number of nitrogens with zero attached hydrogens (tertiary/aromatic N) is 4. The highest BCUT2D eigenvalue weighted by molar-refractivity contribution is 4.99. The molecule has 0 bridgehead atoms. The zero-order valence-electron chi connectivity index (χ0n) is 10.4. The van der Waals surface area contributed by atoms with Crippen molar-refractivity contribution in [2.24, 2.45) is 0 Å². The average molecular weight is 233 g/mol. The van der Waals surface area contributed by atoms with Gasteiger partial charge in [-0.2, -0.15) is 5.10 Å². The second-order valence-corrected chi connectivity index (χ2v) is 4.15. The summed E-state index contributed by atoms with van der Waals surface area (Å²) in [6.45, 7) is 6.98. The topological polar surface area (TPSA) is 47.7 Å². The lowest BCUT2D eigenvalue weighted by Crippen LogP contribution is -2.19. The molecule has 0 aliphatic heterocycles. The summed E-state index contributed by atoms with van der Waals surface area (Å²) in [7, 11) is 0. The van der Waals surface area contributed by atoms with Crippen LogP contribution in [-0.4, -0.2) is 25.9 Å². The number of hydrogen-bond donors (Lipinski definition) is 1. The molecule has 0 aliphatic carbocycles. The first kappa shape index (κ1) is 11.9. The van der Waals surface area contributed by atoms with Crippen molar-refractivity contribution >= 4 is 0 Å². The fourth-order valence-electron chi connectivity index (χ4n) is 1.89. The highest BCUT2D eigenvalue weighted by atomic mass is 15.3. The van der Waals surface area contributed by atoms with Crippen LogP contribution in [0.3, 0.4) is 0 Å². The summed E-state index contributed by atoms with van der Waals surface area (Å²) in [5, 5.41) is 7.55. The molecule has 2 rings (SSSR count). The molecule has 0 radical (unpaired) electrons. The van der Waals surface area contributed by atoms with E-state index in [9.17, 15) is 0 Å². The van der Waals surface area contributed by atoms with Gasteiger partial charge in [0.2, 0.25) is 0 Å². The van der Waals surface area contributed by atoms with Gasteiger partial charge in [-0.3, -0.25) is 4.68 Å². The minimum Gasteiger partial charge on any atom is -0.329 e. The zero-order chi connectivity index (χ0) is 12.1. The Kier molecular flexibility index (Phi) is 3.93. The van der Waals surface area contributed by atoms with E-state index in [1.165, 1.54) is 5.69 Å². The molecule has 2 aromatic rings. The van der Waals surface area contributed by atoms with E-state index in [1.807, 2.05) is 29.5 Å². The van der Waals surface area contributed by atoms with E-state index >= 15 is 0 Å². The van der Waals surface area contributed by atoms with Crippen LogP contribution in [0.5, 0.6) is 0 Å². The molecule has 17 heavy (non-hydrogen) atoms. The lowest BCUT2D eigenvalue weighted by Gasteiger charge is -2.16. The second-order valence-electron chi connectivity index (χ2n) is 4.15. The lowest BCUT2D eigenvalue weighted by atomic mass is 10.3. The summed E-state index contributed by atoms with van der Waals surface area (Å²) in [4.78, 5) is 4.22. The third-order valence-electron chi connectivity index (χ3n) is 2.79. The van der Waals surface area contributed by atoms with Gasteiger partial charge in [0, 0.05) is 25.1 Å². The molecule has 0 spiro atoms. The van der Waals surface area contributed by atoms with E-state index in [4.69, 9.17) is 0 Å². The predicted octanol–water partition coefficient (Wildman–Crippen LogP) is 1.45. The molecular weight excluding hydrogens is 214 g/mol. The summed E-state index contributed by atoms with van der Waals surface area (Å²) < 4.78 is 4.14. The van der Waals surface area contributed by atoms with Crippen molar-refractivity contribution in [2.45, 2.75) is 33.0 Å². The van der Waals surface area contributed by atoms with Gasteiger partial charge in [0.15, 0.2) is 0 Å². The number of imidazole rings is 1. The average Bonchev–Trinajstić information content (AvgIpc) is 2.96. The SMILES string of the molecule is CCNCc1cncn1C(C)Cn1cccn1. The van der Waals surface area contributed by atoms with Crippen LogP contribution < -0.4 is 5.32 Å². The fraction of sp³-hybridized carbons (Fsp3) is 0.500. The van der Waals surface area contributed by atoms with E-state index in [-0.39, 0.29) is 0 Å². The number of aromatic nitrogens is 4. The van der Waals surface area contributed by atoms with E-state index in [0.717, 1.165) is 19.6 Å². The standard InChI is InChI=1S/C12H19N5/c1-3-13-7-12-8-14-10-17(12)11(2)9-16-6-4-5-15-16/h4-6,8,10-11,13H,3,7,9H2,1-2H3. The van der Waals surface area contributed by atoms with Gasteiger partial charge in [-0.25, -0.2) is 4.98 Å². The van der Waals surface area contributed by atoms with Crippen LogP contribution in [0.2, 0.25) is 0 Å². The fourth-order valence-corrected chi connectivity index (χ4v) is 1.89. The Bertz CT molecular complexity index is 431. The molecule has 1 N–H and O–H groups in total. The van der Waals surface area contributed by atoms with Crippen LogP contribution in [0.25, 0.3) is 0 Å². The van der Waals surface area contributed by atoms with Crippen LogP contribution in [-0.2, 0) is 13.1 Å². The molecule has 2 aromatic heterocycles. The molecule has 1 atom stereocenters. The van der Waals surface area contributed by atoms with Crippen molar-refractivity contribution in [1.29, 1.82) is 0 Å². The Morgan fingerprint density at radius 1 is 1.47 bits per heavy atom. The molecule has 92 valence electrons. The normalized spacial score (nSPS) is 12.8. The first-order chi connectivity index (χ1) is 8.31. The number of hydrogen-bond acceptors (Lipinski definition) is 3. The zero-order valence-corrected chi connectivity index (χ0v) is 10.4. The van der Waals surface area contributed by atoms with Crippen molar-refractivity contribution in [3.63, 3.8) is 0 Å². The smallest absolute Gasteiger partial charge is 0.0951 e. The van der Waals surface area contributed by atoms with Gasteiger partial charge in [-0.1, -0.05) is 6.92 Å². The first-order valence-electron chi connectivity index (χ1n) is 6.00. The first-order valence-corrected chi connectivity index (χ1v) is 6.00. The van der Waals surface area contributed by atoms with Gasteiger partial charge in [0.25, 0.3) is 0 Å². The van der Waals surface area contributed by atoms with Crippen LogP contribution in [0.1, 0.15) is 25.6 Å². The monoisotopic (exact) mass is 233 g/mol. The van der Waals surface area contributed by atoms with Crippen molar-refractivity contribution in [3.05, 3.63) is 36.7 Å². The van der Waals surface area contributed by atoms with Gasteiger partial charge in [-0.05, 0) is 19.5 Å². The maximum atomic E-state index is 4.23. The molecule has 0 aliphatic rings. The molecule has 0 saturated carbocycles. The minimum atomic E-state index is 0.353. The molecule has 1 unspecified atom stereocenters. The summed E-state index contributed by atoms with van der Waals surface area (Å²) in [5.74, 6) is 0. The quantitative estimate of drug-likeness (QED) is 0.821. The van der Waals surface area contributed by atoms with Gasteiger partial charge in [-0.15, -0.1) is 0 Å². The Balaban J connectivity index is 2.03. The minimum absolute atomic E-state index is 0.353. The van der Waals surface area contributed by atoms with Gasteiger partial charge in [0.1, 0.15) is 0 Å². The van der Waals surface area contributed by atoms with Crippen LogP contribution in [0.4, 0.5) is 0 Å². The maximum absolute atomic E-state index is 4.23. The molecule has 0 fully saturated rings.